The molecule has 0 unspecified atom stereocenters. The van der Waals surface area contributed by atoms with E-state index in [-0.39, 0.29) is 11.8 Å². The Morgan fingerprint density at radius 3 is 2.21 bits per heavy atom. The lowest BCUT2D eigenvalue weighted by molar-refractivity contribution is -0.120. The number of rotatable bonds is 3. The minimum atomic E-state index is -0.258. The maximum atomic E-state index is 14.0. The molecule has 0 radical (unpaired) electrons. The van der Waals surface area contributed by atoms with Crippen LogP contribution in [0.25, 0.3) is 5.57 Å². The Labute approximate surface area is 195 Å². The first-order valence-corrected chi connectivity index (χ1v) is 11.5. The highest BCUT2D eigenvalue weighted by atomic mass is 16.2. The highest BCUT2D eigenvalue weighted by Gasteiger charge is 2.43. The summed E-state index contributed by atoms with van der Waals surface area (Å²) in [4.78, 5) is 31.3. The van der Waals surface area contributed by atoms with Gasteiger partial charge in [-0.05, 0) is 92.1 Å². The van der Waals surface area contributed by atoms with E-state index in [1.54, 1.807) is 0 Å². The summed E-state index contributed by atoms with van der Waals surface area (Å²) in [6, 6.07) is 20.1. The number of aryl methyl sites for hydroxylation is 5. The van der Waals surface area contributed by atoms with Crippen molar-refractivity contribution < 1.29 is 9.59 Å². The molecule has 0 N–H and O–H groups in total. The number of imide groups is 1. The molecule has 166 valence electrons. The quantitative estimate of drug-likeness (QED) is 0.498. The number of hydrogen-bond acceptors (Lipinski definition) is 3. The number of fused-ring (bicyclic) bond motifs is 1. The van der Waals surface area contributed by atoms with Crippen molar-refractivity contribution in [3.05, 3.63) is 99.7 Å². The van der Waals surface area contributed by atoms with Crippen LogP contribution in [0.5, 0.6) is 0 Å². The van der Waals surface area contributed by atoms with Crippen molar-refractivity contribution in [2.75, 3.05) is 16.3 Å². The van der Waals surface area contributed by atoms with Crippen molar-refractivity contribution in [1.82, 2.24) is 0 Å². The molecule has 0 fully saturated rings. The van der Waals surface area contributed by atoms with Crippen LogP contribution in [0.4, 0.5) is 11.4 Å². The number of para-hydroxylation sites is 1. The summed E-state index contributed by atoms with van der Waals surface area (Å²) in [5.41, 5.74) is 8.92. The lowest BCUT2D eigenvalue weighted by atomic mass is 9.97. The van der Waals surface area contributed by atoms with E-state index >= 15 is 0 Å². The third-order valence-corrected chi connectivity index (χ3v) is 6.70. The van der Waals surface area contributed by atoms with Gasteiger partial charge in [-0.3, -0.25) is 9.59 Å². The van der Waals surface area contributed by atoms with Crippen molar-refractivity contribution >= 4 is 28.8 Å². The van der Waals surface area contributed by atoms with Crippen LogP contribution in [0.2, 0.25) is 0 Å². The number of carbonyl (C=O) groups is 2. The summed E-state index contributed by atoms with van der Waals surface area (Å²) >= 11 is 0. The van der Waals surface area contributed by atoms with Gasteiger partial charge in [0.1, 0.15) is 5.70 Å². The van der Waals surface area contributed by atoms with Gasteiger partial charge in [-0.15, -0.1) is 0 Å². The van der Waals surface area contributed by atoms with Gasteiger partial charge in [0.15, 0.2) is 0 Å². The SMILES string of the molecule is Cc1cc(C)cc(N2C(=O)C(c3ccc(C)c(C)c3)=C(N3CCCc4ccccc43)C2=O)c1. The van der Waals surface area contributed by atoms with Gasteiger partial charge < -0.3 is 4.90 Å². The van der Waals surface area contributed by atoms with Crippen molar-refractivity contribution in [2.45, 2.75) is 40.5 Å². The van der Waals surface area contributed by atoms with E-state index in [1.807, 2.05) is 69.3 Å². The summed E-state index contributed by atoms with van der Waals surface area (Å²) in [6.07, 6.45) is 1.91. The van der Waals surface area contributed by atoms with Crippen LogP contribution in [0.1, 0.15) is 39.8 Å². The van der Waals surface area contributed by atoms with Crippen molar-refractivity contribution in [3.63, 3.8) is 0 Å². The average molecular weight is 437 g/mol. The van der Waals surface area contributed by atoms with Gasteiger partial charge in [-0.25, -0.2) is 4.90 Å². The molecule has 0 bridgehead atoms. The first kappa shape index (κ1) is 21.2. The van der Waals surface area contributed by atoms with Gasteiger partial charge in [0.25, 0.3) is 11.8 Å². The maximum absolute atomic E-state index is 14.0. The van der Waals surface area contributed by atoms with Crippen LogP contribution in [0.15, 0.2) is 66.4 Å². The minimum absolute atomic E-state index is 0.255. The summed E-state index contributed by atoms with van der Waals surface area (Å²) in [5.74, 6) is -0.513. The molecule has 0 aromatic heterocycles. The van der Waals surface area contributed by atoms with Crippen LogP contribution >= 0.6 is 0 Å². The number of benzene rings is 3. The molecule has 0 atom stereocenters. The van der Waals surface area contributed by atoms with E-state index in [1.165, 1.54) is 10.5 Å². The number of carbonyl (C=O) groups excluding carboxylic acids is 2. The Balaban J connectivity index is 1.72. The molecule has 2 aliphatic rings. The molecule has 33 heavy (non-hydrogen) atoms. The minimum Gasteiger partial charge on any atom is -0.336 e. The molecular weight excluding hydrogens is 408 g/mol. The fourth-order valence-corrected chi connectivity index (χ4v) is 5.01. The lowest BCUT2D eigenvalue weighted by Gasteiger charge is -2.32. The molecule has 3 aromatic rings. The fraction of sp³-hybridized carbons (Fsp3) is 0.241. The Hall–Kier alpha value is -3.66. The second kappa shape index (κ2) is 8.04. The molecule has 2 aliphatic heterocycles. The number of nitrogens with zero attached hydrogens (tertiary/aromatic N) is 2. The Morgan fingerprint density at radius 2 is 1.48 bits per heavy atom. The van der Waals surface area contributed by atoms with Crippen molar-refractivity contribution in [1.29, 1.82) is 0 Å². The second-order valence-corrected chi connectivity index (χ2v) is 9.20. The summed E-state index contributed by atoms with van der Waals surface area (Å²) in [5, 5.41) is 0. The van der Waals surface area contributed by atoms with Gasteiger partial charge in [0.2, 0.25) is 0 Å². The summed E-state index contributed by atoms with van der Waals surface area (Å²) in [7, 11) is 0. The molecule has 0 aliphatic carbocycles. The maximum Gasteiger partial charge on any atom is 0.282 e. The smallest absolute Gasteiger partial charge is 0.282 e. The molecule has 4 nitrogen and oxygen atoms in total. The zero-order valence-corrected chi connectivity index (χ0v) is 19.6. The van der Waals surface area contributed by atoms with Gasteiger partial charge >= 0.3 is 0 Å². The predicted molar refractivity (Wildman–Crippen MR) is 133 cm³/mol. The topological polar surface area (TPSA) is 40.6 Å². The largest absolute Gasteiger partial charge is 0.336 e. The molecular formula is C29H28N2O2. The molecule has 3 aromatic carbocycles. The normalized spacial score (nSPS) is 16.0. The van der Waals surface area contributed by atoms with E-state index in [0.29, 0.717) is 23.5 Å². The Bertz CT molecular complexity index is 1310. The molecule has 0 spiro atoms. The van der Waals surface area contributed by atoms with E-state index in [9.17, 15) is 9.59 Å². The highest BCUT2D eigenvalue weighted by Crippen LogP contribution is 2.40. The van der Waals surface area contributed by atoms with Gasteiger partial charge in [0, 0.05) is 12.2 Å². The number of anilines is 2. The fourth-order valence-electron chi connectivity index (χ4n) is 5.01. The van der Waals surface area contributed by atoms with Crippen LogP contribution in [-0.4, -0.2) is 18.4 Å². The van der Waals surface area contributed by atoms with Gasteiger partial charge in [-0.1, -0.05) is 42.5 Å². The zero-order valence-electron chi connectivity index (χ0n) is 19.6. The predicted octanol–water partition coefficient (Wildman–Crippen LogP) is 5.66. The third-order valence-electron chi connectivity index (χ3n) is 6.70. The number of amides is 2. The number of hydrogen-bond donors (Lipinski definition) is 0. The molecule has 0 saturated carbocycles. The molecule has 5 rings (SSSR count). The first-order chi connectivity index (χ1) is 15.8. The van der Waals surface area contributed by atoms with Gasteiger partial charge in [-0.2, -0.15) is 0 Å². The van der Waals surface area contributed by atoms with Crippen molar-refractivity contribution in [3.8, 4) is 0 Å². The van der Waals surface area contributed by atoms with Gasteiger partial charge in [0.05, 0.1) is 11.3 Å². The summed E-state index contributed by atoms with van der Waals surface area (Å²) in [6.45, 7) is 8.78. The molecule has 2 heterocycles. The first-order valence-electron chi connectivity index (χ1n) is 11.5. The third kappa shape index (κ3) is 3.56. The van der Waals surface area contributed by atoms with E-state index in [0.717, 1.165) is 46.3 Å². The average Bonchev–Trinajstić information content (AvgIpc) is 3.04. The lowest BCUT2D eigenvalue weighted by Crippen LogP contribution is -2.37. The van der Waals surface area contributed by atoms with Crippen molar-refractivity contribution in [2.24, 2.45) is 0 Å². The Kier molecular flexibility index (Phi) is 5.16. The highest BCUT2D eigenvalue weighted by molar-refractivity contribution is 6.46. The second-order valence-electron chi connectivity index (χ2n) is 9.20. The van der Waals surface area contributed by atoms with E-state index < -0.39 is 0 Å². The Morgan fingerprint density at radius 1 is 0.758 bits per heavy atom. The van der Waals surface area contributed by atoms with Crippen LogP contribution in [0.3, 0.4) is 0 Å². The van der Waals surface area contributed by atoms with E-state index in [4.69, 9.17) is 0 Å². The van der Waals surface area contributed by atoms with Crippen LogP contribution < -0.4 is 9.80 Å². The van der Waals surface area contributed by atoms with E-state index in [2.05, 4.69) is 24.0 Å². The monoisotopic (exact) mass is 436 g/mol. The summed E-state index contributed by atoms with van der Waals surface area (Å²) < 4.78 is 0. The molecule has 2 amide bonds. The molecule has 0 saturated heterocycles. The zero-order chi connectivity index (χ0) is 23.3. The van der Waals surface area contributed by atoms with Crippen LogP contribution in [0, 0.1) is 27.7 Å². The molecule has 4 heteroatoms. The standard InChI is InChI=1S/C29H28N2O2/c1-18-14-19(2)16-24(15-18)31-28(32)26(23-12-11-20(3)21(4)17-23)27(29(31)33)30-13-7-9-22-8-5-6-10-25(22)30/h5-6,8,10-12,14-17H,7,9,13H2,1-4H3. The van der Waals surface area contributed by atoms with Crippen LogP contribution in [-0.2, 0) is 16.0 Å².